The van der Waals surface area contributed by atoms with Gasteiger partial charge in [0.1, 0.15) is 0 Å². The lowest BCUT2D eigenvalue weighted by Gasteiger charge is -2.36. The molecule has 8 heteroatoms. The third-order valence-electron chi connectivity index (χ3n) is 6.29. The molecule has 2 aromatic rings. The van der Waals surface area contributed by atoms with Crippen molar-refractivity contribution in [1.82, 2.24) is 15.3 Å². The summed E-state index contributed by atoms with van der Waals surface area (Å²) < 4.78 is 16.2. The van der Waals surface area contributed by atoms with Gasteiger partial charge in [-0.05, 0) is 43.2 Å². The summed E-state index contributed by atoms with van der Waals surface area (Å²) in [6.07, 6.45) is 5.93. The van der Waals surface area contributed by atoms with Crippen LogP contribution in [0.3, 0.4) is 0 Å². The highest BCUT2D eigenvalue weighted by molar-refractivity contribution is 5.96. The first kappa shape index (κ1) is 22.2. The Morgan fingerprint density at radius 1 is 1.09 bits per heavy atom. The molecule has 0 bridgehead atoms. The fourth-order valence-corrected chi connectivity index (χ4v) is 4.69. The molecule has 0 radical (unpaired) electrons. The summed E-state index contributed by atoms with van der Waals surface area (Å²) in [5.74, 6) is 1.94. The van der Waals surface area contributed by atoms with Crippen LogP contribution in [-0.2, 0) is 6.42 Å². The number of rotatable bonds is 6. The largest absolute Gasteiger partial charge is 0.493 e. The molecule has 4 rings (SSSR count). The Bertz CT molecular complexity index is 976. The molecule has 1 saturated heterocycles. The van der Waals surface area contributed by atoms with E-state index in [1.807, 2.05) is 6.20 Å². The fraction of sp³-hybridized carbons (Fsp3) is 0.542. The van der Waals surface area contributed by atoms with Crippen molar-refractivity contribution in [2.75, 3.05) is 39.3 Å². The summed E-state index contributed by atoms with van der Waals surface area (Å²) in [4.78, 5) is 25.0. The van der Waals surface area contributed by atoms with E-state index in [0.29, 0.717) is 22.8 Å². The number of anilines is 1. The van der Waals surface area contributed by atoms with Gasteiger partial charge in [0.2, 0.25) is 11.7 Å². The van der Waals surface area contributed by atoms with Gasteiger partial charge in [0, 0.05) is 30.4 Å². The van der Waals surface area contributed by atoms with E-state index in [-0.39, 0.29) is 17.4 Å². The molecule has 1 fully saturated rings. The van der Waals surface area contributed by atoms with Gasteiger partial charge in [-0.3, -0.25) is 4.79 Å². The van der Waals surface area contributed by atoms with Gasteiger partial charge in [-0.1, -0.05) is 13.8 Å². The van der Waals surface area contributed by atoms with E-state index in [2.05, 4.69) is 29.0 Å². The highest BCUT2D eigenvalue weighted by Crippen LogP contribution is 2.41. The zero-order valence-corrected chi connectivity index (χ0v) is 19.5. The predicted octanol–water partition coefficient (Wildman–Crippen LogP) is 3.55. The first-order chi connectivity index (χ1) is 15.3. The van der Waals surface area contributed by atoms with Crippen LogP contribution in [0.2, 0.25) is 0 Å². The van der Waals surface area contributed by atoms with Crippen LogP contribution in [0.5, 0.6) is 17.2 Å². The summed E-state index contributed by atoms with van der Waals surface area (Å²) in [6, 6.07) is 3.16. The summed E-state index contributed by atoms with van der Waals surface area (Å²) in [6.45, 7) is 6.44. The van der Waals surface area contributed by atoms with Crippen LogP contribution >= 0.6 is 0 Å². The number of aromatic nitrogens is 2. The molecule has 8 nitrogen and oxygen atoms in total. The number of hydrogen-bond acceptors (Lipinski definition) is 7. The zero-order valence-electron chi connectivity index (χ0n) is 19.5. The highest BCUT2D eigenvalue weighted by atomic mass is 16.5. The van der Waals surface area contributed by atoms with E-state index in [0.717, 1.165) is 43.1 Å². The molecule has 1 aromatic carbocycles. The van der Waals surface area contributed by atoms with Crippen LogP contribution in [0.15, 0.2) is 18.3 Å². The summed E-state index contributed by atoms with van der Waals surface area (Å²) >= 11 is 0. The SMILES string of the molecule is COc1cc(C(=O)N[C@@H]2CC(C)(C)Cc3nc(N4CCCC4)ncc32)cc(OC)c1OC. The molecule has 1 atom stereocenters. The lowest BCUT2D eigenvalue weighted by atomic mass is 9.74. The maximum atomic E-state index is 13.2. The van der Waals surface area contributed by atoms with Gasteiger partial charge in [0.25, 0.3) is 5.91 Å². The molecular weight excluding hydrogens is 408 g/mol. The number of carbonyl (C=O) groups excluding carboxylic acids is 1. The molecule has 2 heterocycles. The maximum absolute atomic E-state index is 13.2. The van der Waals surface area contributed by atoms with E-state index in [4.69, 9.17) is 19.2 Å². The molecule has 32 heavy (non-hydrogen) atoms. The molecule has 0 spiro atoms. The molecule has 1 aromatic heterocycles. The smallest absolute Gasteiger partial charge is 0.252 e. The Morgan fingerprint density at radius 3 is 2.34 bits per heavy atom. The van der Waals surface area contributed by atoms with Crippen molar-refractivity contribution in [1.29, 1.82) is 0 Å². The van der Waals surface area contributed by atoms with Crippen LogP contribution in [0.1, 0.15) is 60.8 Å². The van der Waals surface area contributed by atoms with Crippen LogP contribution in [0.4, 0.5) is 5.95 Å². The van der Waals surface area contributed by atoms with Crippen molar-refractivity contribution in [3.63, 3.8) is 0 Å². The van der Waals surface area contributed by atoms with Gasteiger partial charge in [-0.2, -0.15) is 0 Å². The third kappa shape index (κ3) is 4.31. The molecule has 1 aliphatic heterocycles. The lowest BCUT2D eigenvalue weighted by molar-refractivity contribution is 0.0918. The van der Waals surface area contributed by atoms with Crippen LogP contribution in [0, 0.1) is 5.41 Å². The average Bonchev–Trinajstić information content (AvgIpc) is 3.31. The Balaban J connectivity index is 1.62. The quantitative estimate of drug-likeness (QED) is 0.735. The van der Waals surface area contributed by atoms with Gasteiger partial charge in [-0.15, -0.1) is 0 Å². The van der Waals surface area contributed by atoms with Crippen molar-refractivity contribution in [2.24, 2.45) is 5.41 Å². The van der Waals surface area contributed by atoms with Crippen molar-refractivity contribution >= 4 is 11.9 Å². The number of nitrogens with zero attached hydrogens (tertiary/aromatic N) is 3. The van der Waals surface area contributed by atoms with Gasteiger partial charge >= 0.3 is 0 Å². The van der Waals surface area contributed by atoms with Crippen molar-refractivity contribution in [3.05, 3.63) is 35.2 Å². The Hall–Kier alpha value is -3.03. The Morgan fingerprint density at radius 2 is 1.75 bits per heavy atom. The van der Waals surface area contributed by atoms with Gasteiger partial charge in [-0.25, -0.2) is 9.97 Å². The predicted molar refractivity (Wildman–Crippen MR) is 122 cm³/mol. The Kier molecular flexibility index (Phi) is 6.13. The number of hydrogen-bond donors (Lipinski definition) is 1. The van der Waals surface area contributed by atoms with Crippen LogP contribution in [0.25, 0.3) is 0 Å². The van der Waals surface area contributed by atoms with E-state index < -0.39 is 0 Å². The topological polar surface area (TPSA) is 85.8 Å². The van der Waals surface area contributed by atoms with E-state index in [1.54, 1.807) is 12.1 Å². The van der Waals surface area contributed by atoms with E-state index >= 15 is 0 Å². The minimum Gasteiger partial charge on any atom is -0.493 e. The number of benzene rings is 1. The number of fused-ring (bicyclic) bond motifs is 1. The molecule has 2 aliphatic rings. The first-order valence-electron chi connectivity index (χ1n) is 11.1. The molecule has 1 N–H and O–H groups in total. The van der Waals surface area contributed by atoms with Crippen molar-refractivity contribution in [3.8, 4) is 17.2 Å². The summed E-state index contributed by atoms with van der Waals surface area (Å²) in [5.41, 5.74) is 2.47. The fourth-order valence-electron chi connectivity index (χ4n) is 4.69. The second-order valence-corrected chi connectivity index (χ2v) is 9.25. The normalized spacial score (nSPS) is 19.3. The van der Waals surface area contributed by atoms with E-state index in [9.17, 15) is 4.79 Å². The molecule has 0 unspecified atom stereocenters. The molecule has 1 aliphatic carbocycles. The standard InChI is InChI=1S/C24H32N4O4/c1-24(2)12-17(16-14-25-23(27-18(16)13-24)28-8-6-7-9-28)26-22(29)15-10-19(30-3)21(32-5)20(11-15)31-4/h10-11,14,17H,6-9,12-13H2,1-5H3,(H,26,29)/t17-/m1/s1. The second kappa shape index (κ2) is 8.84. The van der Waals surface area contributed by atoms with Gasteiger partial charge in [0.05, 0.1) is 33.1 Å². The third-order valence-corrected chi connectivity index (χ3v) is 6.29. The number of amides is 1. The van der Waals surface area contributed by atoms with Gasteiger partial charge < -0.3 is 24.4 Å². The number of carbonyl (C=O) groups is 1. The highest BCUT2D eigenvalue weighted by Gasteiger charge is 2.35. The van der Waals surface area contributed by atoms with Crippen LogP contribution < -0.4 is 24.4 Å². The van der Waals surface area contributed by atoms with Crippen LogP contribution in [-0.4, -0.2) is 50.3 Å². The number of nitrogens with one attached hydrogen (secondary N) is 1. The lowest BCUT2D eigenvalue weighted by Crippen LogP contribution is -2.37. The molecule has 1 amide bonds. The van der Waals surface area contributed by atoms with Crippen molar-refractivity contribution in [2.45, 2.75) is 45.6 Å². The minimum absolute atomic E-state index is 0.0108. The first-order valence-corrected chi connectivity index (χ1v) is 11.1. The molecular formula is C24H32N4O4. The minimum atomic E-state index is -0.207. The molecule has 172 valence electrons. The Labute approximate surface area is 189 Å². The summed E-state index contributed by atoms with van der Waals surface area (Å²) in [5, 5.41) is 3.19. The molecule has 0 saturated carbocycles. The average molecular weight is 441 g/mol. The second-order valence-electron chi connectivity index (χ2n) is 9.25. The number of ether oxygens (including phenoxy) is 3. The number of methoxy groups -OCH3 is 3. The maximum Gasteiger partial charge on any atom is 0.252 e. The summed E-state index contributed by atoms with van der Waals surface area (Å²) in [7, 11) is 4.61. The van der Waals surface area contributed by atoms with Gasteiger partial charge in [0.15, 0.2) is 11.5 Å². The van der Waals surface area contributed by atoms with Crippen molar-refractivity contribution < 1.29 is 19.0 Å². The zero-order chi connectivity index (χ0) is 22.9. The monoisotopic (exact) mass is 440 g/mol. The van der Waals surface area contributed by atoms with E-state index in [1.165, 1.54) is 34.2 Å².